The van der Waals surface area contributed by atoms with Crippen LogP contribution < -0.4 is 4.91 Å². The highest BCUT2D eigenvalue weighted by atomic mass is 16.5. The molecule has 1 saturated heterocycles. The average molecular weight is 470 g/mol. The van der Waals surface area contributed by atoms with Crippen molar-refractivity contribution in [2.24, 2.45) is 45.5 Å². The predicted octanol–water partition coefficient (Wildman–Crippen LogP) is 5.76. The van der Waals surface area contributed by atoms with Crippen molar-refractivity contribution in [3.63, 3.8) is 0 Å². The molecule has 34 heavy (non-hydrogen) atoms. The van der Waals surface area contributed by atoms with Crippen LogP contribution in [0.5, 0.6) is 0 Å². The summed E-state index contributed by atoms with van der Waals surface area (Å²) in [5.41, 5.74) is 9.51. The third kappa shape index (κ3) is 4.09. The zero-order valence-corrected chi connectivity index (χ0v) is 21.6. The molecule has 188 valence electrons. The van der Waals surface area contributed by atoms with E-state index >= 15 is 0 Å². The Labute approximate surface area is 205 Å². The largest absolute Gasteiger partial charge is 0.378 e. The minimum Gasteiger partial charge on any atom is -0.378 e. The van der Waals surface area contributed by atoms with Crippen molar-refractivity contribution in [2.75, 3.05) is 26.3 Å². The highest BCUT2D eigenvalue weighted by Gasteiger charge is 2.59. The Balaban J connectivity index is 1.25. The lowest BCUT2D eigenvalue weighted by atomic mass is 9.47. The number of fused-ring (bicyclic) bond motifs is 5. The first kappa shape index (κ1) is 24.2. The van der Waals surface area contributed by atoms with Crippen LogP contribution in [0.2, 0.25) is 0 Å². The maximum Gasteiger partial charge on any atom is 0.222 e. The summed E-state index contributed by atoms with van der Waals surface area (Å²) in [5.74, 6) is 4.14. The Morgan fingerprint density at radius 2 is 2.00 bits per heavy atom. The lowest BCUT2D eigenvalue weighted by molar-refractivity contribution is -0.135. The molecule has 3 saturated carbocycles. The minimum atomic E-state index is 0.221. The fraction of sp³-hybridized carbons (Fsp3) is 0.893. The van der Waals surface area contributed by atoms with Crippen LogP contribution in [0.1, 0.15) is 85.0 Å². The molecule has 1 amide bonds. The number of nitrogens with one attached hydrogen (secondary N) is 1. The van der Waals surface area contributed by atoms with E-state index in [4.69, 9.17) is 10.3 Å². The van der Waals surface area contributed by atoms with Gasteiger partial charge in [0.2, 0.25) is 10.8 Å². The van der Waals surface area contributed by atoms with Crippen LogP contribution in [0.15, 0.2) is 16.8 Å². The van der Waals surface area contributed by atoms with Gasteiger partial charge in [0.15, 0.2) is 0 Å². The van der Waals surface area contributed by atoms with Gasteiger partial charge in [-0.1, -0.05) is 32.4 Å². The van der Waals surface area contributed by atoms with Crippen molar-refractivity contribution in [1.29, 1.82) is 5.53 Å². The first-order chi connectivity index (χ1) is 16.4. The van der Waals surface area contributed by atoms with Gasteiger partial charge in [-0.2, -0.15) is 0 Å². The number of carbonyl (C=O) groups is 1. The van der Waals surface area contributed by atoms with Gasteiger partial charge in [0.25, 0.3) is 0 Å². The number of carbonyl (C=O) groups excluding carboxylic acids is 1. The van der Waals surface area contributed by atoms with Gasteiger partial charge in [0.1, 0.15) is 16.7 Å². The Morgan fingerprint density at radius 1 is 1.21 bits per heavy atom. The van der Waals surface area contributed by atoms with Crippen LogP contribution in [-0.4, -0.2) is 43.2 Å². The Bertz CT molecular complexity index is 860. The molecule has 6 heteroatoms. The summed E-state index contributed by atoms with van der Waals surface area (Å²) in [6.45, 7) is 10.5. The second kappa shape index (κ2) is 9.50. The van der Waals surface area contributed by atoms with E-state index in [0.29, 0.717) is 42.3 Å². The minimum absolute atomic E-state index is 0.221. The highest BCUT2D eigenvalue weighted by molar-refractivity contribution is 5.76. The highest BCUT2D eigenvalue weighted by Crippen LogP contribution is 2.67. The molecule has 0 aromatic heterocycles. The standard InChI is InChI=1S/C28H45N4O2/c1-19(4-9-26(33)32-14-16-34-17-15-32)23-7-8-24-22-6-5-20-18-21(30-31-29)10-12-27(20,2)25(22)11-13-28(23,24)3/h5,19,21-25,29H,4,6-18H2,1-3H3/q+1. The maximum absolute atomic E-state index is 12.7. The molecule has 1 heterocycles. The van der Waals surface area contributed by atoms with Crippen LogP contribution in [0.3, 0.4) is 0 Å². The SMILES string of the molecule is CC(CCC(=O)N1CCOCC1)C1CCC2C3CC=C4CC(N=[N+]=N)CCC4(C)C3CCC12C. The average Bonchev–Trinajstić information content (AvgIpc) is 3.20. The molecule has 1 N–H and O–H groups in total. The van der Waals surface area contributed by atoms with Gasteiger partial charge in [-0.15, -0.1) is 0 Å². The molecule has 0 aromatic carbocycles. The number of hydrogen-bond acceptors (Lipinski definition) is 4. The van der Waals surface area contributed by atoms with Crippen molar-refractivity contribution < 1.29 is 9.53 Å². The zero-order chi connectivity index (χ0) is 23.9. The lowest BCUT2D eigenvalue weighted by Crippen LogP contribution is -2.50. The molecular weight excluding hydrogens is 424 g/mol. The molecule has 4 fully saturated rings. The summed E-state index contributed by atoms with van der Waals surface area (Å²) in [6.07, 6.45) is 14.3. The topological polar surface area (TPSA) is 79.9 Å². The van der Waals surface area contributed by atoms with E-state index < -0.39 is 0 Å². The van der Waals surface area contributed by atoms with E-state index in [0.717, 1.165) is 56.0 Å². The number of rotatable bonds is 5. The van der Waals surface area contributed by atoms with Crippen molar-refractivity contribution in [2.45, 2.75) is 91.0 Å². The van der Waals surface area contributed by atoms with E-state index in [-0.39, 0.29) is 6.04 Å². The van der Waals surface area contributed by atoms with Gasteiger partial charge in [0.05, 0.1) is 13.2 Å². The van der Waals surface area contributed by atoms with Gasteiger partial charge in [-0.05, 0) is 98.2 Å². The molecule has 0 radical (unpaired) electrons. The summed E-state index contributed by atoms with van der Waals surface area (Å²) in [7, 11) is 0. The molecule has 5 rings (SSSR count). The number of nitrogens with zero attached hydrogens (tertiary/aromatic N) is 3. The van der Waals surface area contributed by atoms with Gasteiger partial charge in [0, 0.05) is 19.5 Å². The van der Waals surface area contributed by atoms with E-state index in [2.05, 4.69) is 36.9 Å². The van der Waals surface area contributed by atoms with Gasteiger partial charge < -0.3 is 9.64 Å². The van der Waals surface area contributed by atoms with Crippen molar-refractivity contribution in [3.8, 4) is 0 Å². The predicted molar refractivity (Wildman–Crippen MR) is 132 cm³/mol. The molecule has 4 aliphatic carbocycles. The van der Waals surface area contributed by atoms with Crippen LogP contribution >= 0.6 is 0 Å². The van der Waals surface area contributed by atoms with E-state index in [1.807, 2.05) is 4.90 Å². The molecule has 0 aromatic rings. The fourth-order valence-electron chi connectivity index (χ4n) is 9.32. The molecule has 0 bridgehead atoms. The Kier molecular flexibility index (Phi) is 6.76. The molecule has 8 unspecified atom stereocenters. The smallest absolute Gasteiger partial charge is 0.222 e. The first-order valence-corrected chi connectivity index (χ1v) is 14.0. The molecule has 8 atom stereocenters. The monoisotopic (exact) mass is 469 g/mol. The Morgan fingerprint density at radius 3 is 2.76 bits per heavy atom. The van der Waals surface area contributed by atoms with Crippen LogP contribution in [0, 0.1) is 46.0 Å². The van der Waals surface area contributed by atoms with E-state index in [1.54, 1.807) is 5.57 Å². The summed E-state index contributed by atoms with van der Waals surface area (Å²) in [5, 5.41) is 4.18. The van der Waals surface area contributed by atoms with Gasteiger partial charge in [-0.25, -0.2) is 0 Å². The summed E-state index contributed by atoms with van der Waals surface area (Å²) in [6, 6.07) is 0.221. The van der Waals surface area contributed by atoms with Crippen molar-refractivity contribution in [1.82, 2.24) is 9.81 Å². The number of morpholine rings is 1. The quantitative estimate of drug-likeness (QED) is 0.316. The third-order valence-electron chi connectivity index (χ3n) is 11.2. The number of amides is 1. The lowest BCUT2D eigenvalue weighted by Gasteiger charge is -2.58. The second-order valence-corrected chi connectivity index (χ2v) is 12.6. The summed E-state index contributed by atoms with van der Waals surface area (Å²) >= 11 is 0. The molecular formula is C28H45N4O2+. The number of ether oxygens (including phenoxy) is 1. The van der Waals surface area contributed by atoms with E-state index in [9.17, 15) is 4.79 Å². The zero-order valence-electron chi connectivity index (χ0n) is 21.6. The van der Waals surface area contributed by atoms with Crippen LogP contribution in [-0.2, 0) is 9.53 Å². The number of hydrogen-bond donors (Lipinski definition) is 1. The first-order valence-electron chi connectivity index (χ1n) is 14.0. The van der Waals surface area contributed by atoms with Crippen LogP contribution in [0.4, 0.5) is 0 Å². The fourth-order valence-corrected chi connectivity index (χ4v) is 9.32. The summed E-state index contributed by atoms with van der Waals surface area (Å²) in [4.78, 5) is 18.1. The van der Waals surface area contributed by atoms with Crippen molar-refractivity contribution >= 4 is 5.91 Å². The van der Waals surface area contributed by atoms with Gasteiger partial charge >= 0.3 is 0 Å². The summed E-state index contributed by atoms with van der Waals surface area (Å²) < 4.78 is 5.41. The second-order valence-electron chi connectivity index (χ2n) is 12.6. The molecule has 6 nitrogen and oxygen atoms in total. The molecule has 0 spiro atoms. The normalized spacial score (nSPS) is 42.5. The number of allylic oxidation sites excluding steroid dienone is 1. The van der Waals surface area contributed by atoms with Crippen molar-refractivity contribution in [3.05, 3.63) is 11.6 Å². The van der Waals surface area contributed by atoms with Crippen LogP contribution in [0.25, 0.3) is 0 Å². The molecule has 5 aliphatic rings. The maximum atomic E-state index is 12.7. The Hall–Kier alpha value is -1.52. The molecule has 1 aliphatic heterocycles. The third-order valence-corrected chi connectivity index (χ3v) is 11.2. The van der Waals surface area contributed by atoms with E-state index in [1.165, 1.54) is 38.5 Å². The van der Waals surface area contributed by atoms with Gasteiger partial charge in [-0.3, -0.25) is 4.79 Å².